The van der Waals surface area contributed by atoms with Crippen LogP contribution >= 0.6 is 0 Å². The maximum atomic E-state index is 9.01. The lowest BCUT2D eigenvalue weighted by Gasteiger charge is -2.20. The van der Waals surface area contributed by atoms with Gasteiger partial charge in [0.15, 0.2) is 0 Å². The summed E-state index contributed by atoms with van der Waals surface area (Å²) in [6, 6.07) is 0.909. The lowest BCUT2D eigenvalue weighted by molar-refractivity contribution is 0.235. The van der Waals surface area contributed by atoms with Gasteiger partial charge in [-0.05, 0) is 32.1 Å². The van der Waals surface area contributed by atoms with Gasteiger partial charge in [0.1, 0.15) is 0 Å². The van der Waals surface area contributed by atoms with E-state index in [0.29, 0.717) is 6.04 Å². The molecule has 2 N–H and O–H groups in total. The quantitative estimate of drug-likeness (QED) is 0.688. The molecular weight excluding hydrogens is 186 g/mol. The molecular formula is C13H27NO. The van der Waals surface area contributed by atoms with Crippen molar-refractivity contribution in [1.82, 2.24) is 5.32 Å². The predicted octanol–water partition coefficient (Wildman–Crippen LogP) is 2.71. The fourth-order valence-electron chi connectivity index (χ4n) is 2.70. The van der Waals surface area contributed by atoms with Gasteiger partial charge in [-0.1, -0.05) is 32.6 Å². The Kier molecular flexibility index (Phi) is 6.26. The first kappa shape index (κ1) is 13.0. The summed E-state index contributed by atoms with van der Waals surface area (Å²) in [6.45, 7) is 4.61. The first-order chi connectivity index (χ1) is 7.26. The van der Waals surface area contributed by atoms with E-state index < -0.39 is 0 Å². The van der Waals surface area contributed by atoms with E-state index >= 15 is 0 Å². The van der Waals surface area contributed by atoms with Crippen molar-refractivity contribution >= 4 is 0 Å². The van der Waals surface area contributed by atoms with Gasteiger partial charge in [-0.15, -0.1) is 0 Å². The number of aliphatic hydroxyl groups excluding tert-OH is 1. The van der Waals surface area contributed by atoms with Crippen LogP contribution in [-0.2, 0) is 0 Å². The van der Waals surface area contributed by atoms with E-state index in [2.05, 4.69) is 19.2 Å². The summed E-state index contributed by atoms with van der Waals surface area (Å²) in [5.41, 5.74) is 0. The Morgan fingerprint density at radius 2 is 2.07 bits per heavy atom. The van der Waals surface area contributed by atoms with Crippen molar-refractivity contribution in [2.24, 2.45) is 5.92 Å². The molecule has 0 bridgehead atoms. The van der Waals surface area contributed by atoms with Crippen molar-refractivity contribution < 1.29 is 5.11 Å². The van der Waals surface area contributed by atoms with Crippen molar-refractivity contribution in [3.63, 3.8) is 0 Å². The maximum Gasteiger partial charge on any atom is 0.0582 e. The summed E-state index contributed by atoms with van der Waals surface area (Å²) in [5.74, 6) is 0.964. The summed E-state index contributed by atoms with van der Waals surface area (Å²) in [5, 5.41) is 12.5. The van der Waals surface area contributed by atoms with E-state index in [1.165, 1.54) is 44.9 Å². The van der Waals surface area contributed by atoms with Crippen LogP contribution in [0.25, 0.3) is 0 Å². The van der Waals surface area contributed by atoms with Crippen LogP contribution in [0.5, 0.6) is 0 Å². The molecule has 0 amide bonds. The van der Waals surface area contributed by atoms with Crippen LogP contribution in [0.15, 0.2) is 0 Å². The summed E-state index contributed by atoms with van der Waals surface area (Å²) in [6.07, 6.45) is 9.49. The minimum atomic E-state index is 0.259. The van der Waals surface area contributed by atoms with Gasteiger partial charge in [0.2, 0.25) is 0 Å². The van der Waals surface area contributed by atoms with Crippen LogP contribution in [0.4, 0.5) is 0 Å². The van der Waals surface area contributed by atoms with Gasteiger partial charge in [0, 0.05) is 12.1 Å². The maximum absolute atomic E-state index is 9.01. The van der Waals surface area contributed by atoms with Gasteiger partial charge < -0.3 is 10.4 Å². The van der Waals surface area contributed by atoms with Crippen molar-refractivity contribution in [2.75, 3.05) is 6.61 Å². The normalized spacial score (nSPS) is 29.8. The molecule has 15 heavy (non-hydrogen) atoms. The highest BCUT2D eigenvalue weighted by atomic mass is 16.3. The monoisotopic (exact) mass is 213 g/mol. The van der Waals surface area contributed by atoms with Crippen molar-refractivity contribution in [3.05, 3.63) is 0 Å². The SMILES string of the molecule is CCCC1CCCC(NC(C)CO)CC1. The van der Waals surface area contributed by atoms with Crippen LogP contribution in [0.3, 0.4) is 0 Å². The Balaban J connectivity index is 2.26. The molecule has 3 atom stereocenters. The summed E-state index contributed by atoms with van der Waals surface area (Å²) in [4.78, 5) is 0. The van der Waals surface area contributed by atoms with Gasteiger partial charge in [-0.25, -0.2) is 0 Å². The van der Waals surface area contributed by atoms with Gasteiger partial charge in [0.05, 0.1) is 6.61 Å². The number of rotatable bonds is 5. The molecule has 2 nitrogen and oxygen atoms in total. The van der Waals surface area contributed by atoms with E-state index in [1.807, 2.05) is 0 Å². The second kappa shape index (κ2) is 7.24. The zero-order valence-electron chi connectivity index (χ0n) is 10.3. The summed E-state index contributed by atoms with van der Waals surface area (Å²) in [7, 11) is 0. The topological polar surface area (TPSA) is 32.3 Å². The van der Waals surface area contributed by atoms with Crippen molar-refractivity contribution in [2.45, 2.75) is 70.9 Å². The second-order valence-corrected chi connectivity index (χ2v) is 5.11. The number of hydrogen-bond donors (Lipinski definition) is 2. The third-order valence-electron chi connectivity index (χ3n) is 3.58. The molecule has 0 aromatic rings. The molecule has 0 heterocycles. The van der Waals surface area contributed by atoms with Crippen molar-refractivity contribution in [1.29, 1.82) is 0 Å². The van der Waals surface area contributed by atoms with Crippen LogP contribution in [0.1, 0.15) is 58.8 Å². The van der Waals surface area contributed by atoms with Crippen molar-refractivity contribution in [3.8, 4) is 0 Å². The molecule has 0 spiro atoms. The number of nitrogens with one attached hydrogen (secondary N) is 1. The van der Waals surface area contributed by atoms with E-state index in [9.17, 15) is 0 Å². The Bertz CT molecular complexity index is 161. The molecule has 1 fully saturated rings. The van der Waals surface area contributed by atoms with Crippen LogP contribution < -0.4 is 5.32 Å². The van der Waals surface area contributed by atoms with Gasteiger partial charge in [-0.3, -0.25) is 0 Å². The van der Waals surface area contributed by atoms with E-state index in [-0.39, 0.29) is 12.6 Å². The van der Waals surface area contributed by atoms with Gasteiger partial charge in [-0.2, -0.15) is 0 Å². The third-order valence-corrected chi connectivity index (χ3v) is 3.58. The Hall–Kier alpha value is -0.0800. The third kappa shape index (κ3) is 4.98. The summed E-state index contributed by atoms with van der Waals surface area (Å²) >= 11 is 0. The van der Waals surface area contributed by atoms with Crippen LogP contribution in [0, 0.1) is 5.92 Å². The smallest absolute Gasteiger partial charge is 0.0582 e. The lowest BCUT2D eigenvalue weighted by Crippen LogP contribution is -2.38. The molecule has 3 unspecified atom stereocenters. The highest BCUT2D eigenvalue weighted by Crippen LogP contribution is 2.26. The highest BCUT2D eigenvalue weighted by molar-refractivity contribution is 4.76. The number of aliphatic hydroxyl groups is 1. The first-order valence-corrected chi connectivity index (χ1v) is 6.63. The molecule has 1 aliphatic carbocycles. The molecule has 0 saturated heterocycles. The van der Waals surface area contributed by atoms with E-state index in [1.54, 1.807) is 0 Å². The highest BCUT2D eigenvalue weighted by Gasteiger charge is 2.18. The number of hydrogen-bond acceptors (Lipinski definition) is 2. The zero-order chi connectivity index (χ0) is 11.1. The predicted molar refractivity (Wildman–Crippen MR) is 65.0 cm³/mol. The molecule has 90 valence electrons. The zero-order valence-corrected chi connectivity index (χ0v) is 10.3. The van der Waals surface area contributed by atoms with E-state index in [0.717, 1.165) is 5.92 Å². The minimum Gasteiger partial charge on any atom is -0.395 e. The van der Waals surface area contributed by atoms with Crippen LogP contribution in [-0.4, -0.2) is 23.8 Å². The Morgan fingerprint density at radius 3 is 2.73 bits per heavy atom. The molecule has 2 heteroatoms. The molecule has 0 aromatic carbocycles. The first-order valence-electron chi connectivity index (χ1n) is 6.63. The van der Waals surface area contributed by atoms with Gasteiger partial charge >= 0.3 is 0 Å². The molecule has 0 aliphatic heterocycles. The lowest BCUT2D eigenvalue weighted by atomic mass is 9.95. The molecule has 1 saturated carbocycles. The largest absolute Gasteiger partial charge is 0.395 e. The fraction of sp³-hybridized carbons (Fsp3) is 1.00. The second-order valence-electron chi connectivity index (χ2n) is 5.11. The average molecular weight is 213 g/mol. The molecule has 0 radical (unpaired) electrons. The molecule has 0 aromatic heterocycles. The fourth-order valence-corrected chi connectivity index (χ4v) is 2.70. The van der Waals surface area contributed by atoms with E-state index in [4.69, 9.17) is 5.11 Å². The summed E-state index contributed by atoms with van der Waals surface area (Å²) < 4.78 is 0. The molecule has 1 rings (SSSR count). The Labute approximate surface area is 94.5 Å². The standard InChI is InChI=1S/C13H27NO/c1-3-5-12-6-4-7-13(9-8-12)14-11(2)10-15/h11-15H,3-10H2,1-2H3. The molecule has 1 aliphatic rings. The Morgan fingerprint density at radius 1 is 1.27 bits per heavy atom. The van der Waals surface area contributed by atoms with Crippen LogP contribution in [0.2, 0.25) is 0 Å². The minimum absolute atomic E-state index is 0.259. The average Bonchev–Trinajstić information content (AvgIpc) is 2.45. The van der Waals surface area contributed by atoms with Gasteiger partial charge in [0.25, 0.3) is 0 Å².